The number of anilines is 1. The number of nitrogens with one attached hydrogen (secondary N) is 1. The Hall–Kier alpha value is -1.84. The third-order valence-corrected chi connectivity index (χ3v) is 3.07. The van der Waals surface area contributed by atoms with Crippen LogP contribution in [-0.4, -0.2) is 14.8 Å². The van der Waals surface area contributed by atoms with E-state index in [2.05, 4.69) is 51.3 Å². The fraction of sp³-hybridized carbons (Fsp3) is 0.333. The lowest BCUT2D eigenvalue weighted by Gasteiger charge is -2.11. The highest BCUT2D eigenvalue weighted by atomic mass is 15.3. The van der Waals surface area contributed by atoms with E-state index in [-0.39, 0.29) is 6.04 Å². The van der Waals surface area contributed by atoms with E-state index in [1.165, 1.54) is 11.3 Å². The predicted molar refractivity (Wildman–Crippen MR) is 62.2 cm³/mol. The molecule has 4 nitrogen and oxygen atoms in total. The standard InChI is InChI=1S/C12H14N4/c1-2-16-8-13-15-12(16)11-7-9-5-3-4-6-10(9)14-11/h3-6,8,11,14H,2,7H2,1H3. The van der Waals surface area contributed by atoms with Crippen molar-refractivity contribution in [3.63, 3.8) is 0 Å². The largest absolute Gasteiger partial charge is 0.375 e. The van der Waals surface area contributed by atoms with Crippen molar-refractivity contribution < 1.29 is 0 Å². The number of fused-ring (bicyclic) bond motifs is 1. The minimum atomic E-state index is 0.264. The van der Waals surface area contributed by atoms with Crippen molar-refractivity contribution in [3.05, 3.63) is 42.0 Å². The summed E-state index contributed by atoms with van der Waals surface area (Å²) in [7, 11) is 0. The van der Waals surface area contributed by atoms with Crippen LogP contribution in [0.2, 0.25) is 0 Å². The van der Waals surface area contributed by atoms with Gasteiger partial charge in [0, 0.05) is 18.7 Å². The van der Waals surface area contributed by atoms with Crippen molar-refractivity contribution in [3.8, 4) is 0 Å². The highest BCUT2D eigenvalue weighted by Gasteiger charge is 2.25. The van der Waals surface area contributed by atoms with Crippen molar-refractivity contribution in [2.24, 2.45) is 0 Å². The van der Waals surface area contributed by atoms with Crippen LogP contribution in [0.1, 0.15) is 24.4 Å². The van der Waals surface area contributed by atoms with Crippen molar-refractivity contribution >= 4 is 5.69 Å². The van der Waals surface area contributed by atoms with Gasteiger partial charge < -0.3 is 9.88 Å². The van der Waals surface area contributed by atoms with Gasteiger partial charge in [-0.25, -0.2) is 0 Å². The normalized spacial score (nSPS) is 18.2. The molecular weight excluding hydrogens is 200 g/mol. The van der Waals surface area contributed by atoms with Gasteiger partial charge in [-0.05, 0) is 18.6 Å². The summed E-state index contributed by atoms with van der Waals surface area (Å²) in [5, 5.41) is 11.7. The monoisotopic (exact) mass is 214 g/mol. The number of benzene rings is 1. The van der Waals surface area contributed by atoms with E-state index in [1.807, 2.05) is 0 Å². The first-order valence-electron chi connectivity index (χ1n) is 5.60. The number of para-hydroxylation sites is 1. The molecule has 82 valence electrons. The van der Waals surface area contributed by atoms with Crippen LogP contribution in [0.25, 0.3) is 0 Å². The van der Waals surface area contributed by atoms with Crippen molar-refractivity contribution in [1.29, 1.82) is 0 Å². The van der Waals surface area contributed by atoms with Gasteiger partial charge in [0.1, 0.15) is 6.33 Å². The highest BCUT2D eigenvalue weighted by molar-refractivity contribution is 5.57. The van der Waals surface area contributed by atoms with Gasteiger partial charge in [-0.2, -0.15) is 0 Å². The summed E-state index contributed by atoms with van der Waals surface area (Å²) in [5.74, 6) is 1.03. The maximum atomic E-state index is 4.20. The molecule has 0 saturated carbocycles. The van der Waals surface area contributed by atoms with Crippen LogP contribution in [0.3, 0.4) is 0 Å². The first kappa shape index (κ1) is 9.39. The number of aryl methyl sites for hydroxylation is 1. The van der Waals surface area contributed by atoms with Gasteiger partial charge in [-0.15, -0.1) is 10.2 Å². The van der Waals surface area contributed by atoms with Gasteiger partial charge in [0.15, 0.2) is 5.82 Å². The third kappa shape index (κ3) is 1.38. The minimum absolute atomic E-state index is 0.264. The number of hydrogen-bond donors (Lipinski definition) is 1. The first-order valence-corrected chi connectivity index (χ1v) is 5.60. The summed E-state index contributed by atoms with van der Waals surface area (Å²) < 4.78 is 2.09. The average Bonchev–Trinajstić information content (AvgIpc) is 2.94. The topological polar surface area (TPSA) is 42.7 Å². The molecule has 1 aliphatic heterocycles. The Balaban J connectivity index is 1.91. The molecule has 1 unspecified atom stereocenters. The van der Waals surface area contributed by atoms with Gasteiger partial charge >= 0.3 is 0 Å². The molecule has 3 rings (SSSR count). The molecule has 4 heteroatoms. The summed E-state index contributed by atoms with van der Waals surface area (Å²) in [5.41, 5.74) is 2.58. The molecule has 0 spiro atoms. The predicted octanol–water partition coefficient (Wildman–Crippen LogP) is 2.01. The van der Waals surface area contributed by atoms with E-state index in [4.69, 9.17) is 0 Å². The van der Waals surface area contributed by atoms with Crippen LogP contribution in [0, 0.1) is 0 Å². The van der Waals surface area contributed by atoms with Crippen LogP contribution < -0.4 is 5.32 Å². The molecule has 0 radical (unpaired) electrons. The molecule has 0 fully saturated rings. The molecule has 16 heavy (non-hydrogen) atoms. The Morgan fingerprint density at radius 1 is 1.44 bits per heavy atom. The Morgan fingerprint density at radius 2 is 2.31 bits per heavy atom. The fourth-order valence-electron chi connectivity index (χ4n) is 2.23. The number of rotatable bonds is 2. The van der Waals surface area contributed by atoms with Crippen LogP contribution >= 0.6 is 0 Å². The van der Waals surface area contributed by atoms with E-state index in [0.717, 1.165) is 18.8 Å². The summed E-state index contributed by atoms with van der Waals surface area (Å²) in [6, 6.07) is 8.67. The Bertz CT molecular complexity index is 478. The zero-order chi connectivity index (χ0) is 11.0. The second-order valence-corrected chi connectivity index (χ2v) is 4.03. The quantitative estimate of drug-likeness (QED) is 0.831. The van der Waals surface area contributed by atoms with Crippen LogP contribution in [-0.2, 0) is 13.0 Å². The number of nitrogens with zero attached hydrogens (tertiary/aromatic N) is 3. The van der Waals surface area contributed by atoms with Gasteiger partial charge in [-0.3, -0.25) is 0 Å². The molecule has 2 heterocycles. The van der Waals surface area contributed by atoms with Gasteiger partial charge in [0.05, 0.1) is 6.04 Å². The zero-order valence-electron chi connectivity index (χ0n) is 9.22. The van der Waals surface area contributed by atoms with Crippen molar-refractivity contribution in [2.45, 2.75) is 25.9 Å². The molecule has 2 aromatic rings. The van der Waals surface area contributed by atoms with Crippen molar-refractivity contribution in [1.82, 2.24) is 14.8 Å². The molecule has 0 aliphatic carbocycles. The third-order valence-electron chi connectivity index (χ3n) is 3.07. The lowest BCUT2D eigenvalue weighted by molar-refractivity contribution is 0.642. The molecule has 1 atom stereocenters. The maximum Gasteiger partial charge on any atom is 0.155 e. The molecule has 0 amide bonds. The minimum Gasteiger partial charge on any atom is -0.375 e. The molecule has 1 N–H and O–H groups in total. The second-order valence-electron chi connectivity index (χ2n) is 4.03. The van der Waals surface area contributed by atoms with Gasteiger partial charge in [0.2, 0.25) is 0 Å². The summed E-state index contributed by atoms with van der Waals surface area (Å²) in [6.07, 6.45) is 2.79. The Kier molecular flexibility index (Phi) is 2.13. The van der Waals surface area contributed by atoms with Gasteiger partial charge in [0.25, 0.3) is 0 Å². The van der Waals surface area contributed by atoms with Crippen molar-refractivity contribution in [2.75, 3.05) is 5.32 Å². The first-order chi connectivity index (χ1) is 7.88. The summed E-state index contributed by atoms with van der Waals surface area (Å²) in [6.45, 7) is 3.02. The Morgan fingerprint density at radius 3 is 3.12 bits per heavy atom. The molecule has 1 aromatic carbocycles. The lowest BCUT2D eigenvalue weighted by Crippen LogP contribution is -2.13. The number of aromatic nitrogens is 3. The van der Waals surface area contributed by atoms with E-state index >= 15 is 0 Å². The van der Waals surface area contributed by atoms with E-state index < -0.39 is 0 Å². The van der Waals surface area contributed by atoms with Crippen LogP contribution in [0.4, 0.5) is 5.69 Å². The molecular formula is C12H14N4. The van der Waals surface area contributed by atoms with Crippen LogP contribution in [0.5, 0.6) is 0 Å². The molecule has 1 aliphatic rings. The van der Waals surface area contributed by atoms with E-state index in [9.17, 15) is 0 Å². The molecule has 0 saturated heterocycles. The summed E-state index contributed by atoms with van der Waals surface area (Å²) in [4.78, 5) is 0. The fourth-order valence-corrected chi connectivity index (χ4v) is 2.23. The van der Waals surface area contributed by atoms with Crippen LogP contribution in [0.15, 0.2) is 30.6 Å². The SMILES string of the molecule is CCn1cnnc1C1Cc2ccccc2N1. The zero-order valence-corrected chi connectivity index (χ0v) is 9.22. The smallest absolute Gasteiger partial charge is 0.155 e. The van der Waals surface area contributed by atoms with E-state index in [0.29, 0.717) is 0 Å². The number of hydrogen-bond acceptors (Lipinski definition) is 3. The summed E-state index contributed by atoms with van der Waals surface area (Å²) >= 11 is 0. The van der Waals surface area contributed by atoms with E-state index in [1.54, 1.807) is 6.33 Å². The molecule has 1 aromatic heterocycles. The average molecular weight is 214 g/mol. The maximum absolute atomic E-state index is 4.20. The Labute approximate surface area is 94.3 Å². The second kappa shape index (κ2) is 3.63. The lowest BCUT2D eigenvalue weighted by atomic mass is 10.1. The molecule has 0 bridgehead atoms. The van der Waals surface area contributed by atoms with Gasteiger partial charge in [-0.1, -0.05) is 18.2 Å². The highest BCUT2D eigenvalue weighted by Crippen LogP contribution is 2.32.